The van der Waals surface area contributed by atoms with Crippen LogP contribution in [0.4, 0.5) is 28.4 Å². The van der Waals surface area contributed by atoms with Crippen molar-refractivity contribution < 1.29 is 68.9 Å². The molecule has 0 atom stereocenters. The van der Waals surface area contributed by atoms with Crippen molar-refractivity contribution in [3.63, 3.8) is 0 Å². The fourth-order valence-corrected chi connectivity index (χ4v) is 10.7. The summed E-state index contributed by atoms with van der Waals surface area (Å²) in [7, 11) is -25.0. The first kappa shape index (κ1) is 43.6. The average molecular weight is 902 g/mol. The molecule has 4 aromatic carbocycles. The third-order valence-electron chi connectivity index (χ3n) is 6.96. The number of anilines is 1. The second-order valence-corrected chi connectivity index (χ2v) is 22.6. The fraction of sp³-hybridized carbons (Fsp3) is 0.185. The number of nitrogen functional groups attached to an aromatic ring is 1. The third-order valence-corrected chi connectivity index (χ3v) is 14.9. The SMILES string of the molecule is CS(=O)(=O)OCCS(=O)(=O)c1ccc(/N=N/c2c(S(=O)(=O)O)cc3cc([SH](=O)=O)c(/N=N/c4ccc(S(=O)(=O)CCSS(=O)(=O)O)cc4)c(O)c3c2N)cc1. The highest BCUT2D eigenvalue weighted by Gasteiger charge is 2.26. The zero-order valence-corrected chi connectivity index (χ0v) is 33.3. The molecule has 0 aliphatic rings. The molecule has 0 saturated carbocycles. The first-order chi connectivity index (χ1) is 25.3. The number of azo groups is 2. The average Bonchev–Trinajstić information content (AvgIpc) is 3.05. The zero-order valence-electron chi connectivity index (χ0n) is 27.5. The minimum atomic E-state index is -5.15. The minimum absolute atomic E-state index is 0.0232. The van der Waals surface area contributed by atoms with Crippen molar-refractivity contribution in [2.24, 2.45) is 20.5 Å². The number of phenols is 1. The molecule has 5 N–H and O–H groups in total. The van der Waals surface area contributed by atoms with Gasteiger partial charge in [-0.15, -0.1) is 10.2 Å². The summed E-state index contributed by atoms with van der Waals surface area (Å²) in [6.07, 6.45) is 0.750. The number of nitrogens with two attached hydrogens (primary N) is 1. The number of hydrogen-bond donors (Lipinski definition) is 5. The van der Waals surface area contributed by atoms with Gasteiger partial charge in [0.05, 0.1) is 61.5 Å². The lowest BCUT2D eigenvalue weighted by Gasteiger charge is -2.13. The highest BCUT2D eigenvalue weighted by atomic mass is 33.1. The molecule has 0 unspecified atom stereocenters. The first-order valence-electron chi connectivity index (χ1n) is 14.5. The maximum absolute atomic E-state index is 12.5. The number of thiol groups is 1. The van der Waals surface area contributed by atoms with E-state index in [4.69, 9.17) is 10.3 Å². The Labute approximate surface area is 319 Å². The van der Waals surface area contributed by atoms with Crippen molar-refractivity contribution in [1.29, 1.82) is 0 Å². The van der Waals surface area contributed by atoms with Gasteiger partial charge in [-0.2, -0.15) is 35.5 Å². The Bertz CT molecular complexity index is 2850. The second-order valence-electron chi connectivity index (χ2n) is 10.9. The quantitative estimate of drug-likeness (QED) is 0.0269. The number of fused-ring (bicyclic) bond motifs is 1. The van der Waals surface area contributed by atoms with Crippen LogP contribution >= 0.6 is 10.8 Å². The summed E-state index contributed by atoms with van der Waals surface area (Å²) in [5, 5.41) is 25.7. The van der Waals surface area contributed by atoms with Crippen LogP contribution in [0.3, 0.4) is 0 Å². The van der Waals surface area contributed by atoms with E-state index >= 15 is 0 Å². The van der Waals surface area contributed by atoms with Crippen LogP contribution in [0.1, 0.15) is 0 Å². The number of nitrogens with zero attached hydrogens (tertiary/aromatic N) is 4. The van der Waals surface area contributed by atoms with Gasteiger partial charge < -0.3 is 10.8 Å². The van der Waals surface area contributed by atoms with Gasteiger partial charge >= 0.3 is 9.15 Å². The van der Waals surface area contributed by atoms with E-state index in [-0.39, 0.29) is 37.3 Å². The number of aromatic hydroxyl groups is 1. The van der Waals surface area contributed by atoms with Crippen LogP contribution in [0.5, 0.6) is 5.75 Å². The summed E-state index contributed by atoms with van der Waals surface area (Å²) in [6, 6.07) is 10.6. The molecule has 55 heavy (non-hydrogen) atoms. The van der Waals surface area contributed by atoms with Gasteiger partial charge in [-0.05, 0) is 76.8 Å². The molecule has 0 saturated heterocycles. The molecule has 4 rings (SSSR count). The van der Waals surface area contributed by atoms with Crippen molar-refractivity contribution in [3.05, 3.63) is 60.7 Å². The van der Waals surface area contributed by atoms with Crippen molar-refractivity contribution in [2.75, 3.05) is 35.9 Å². The van der Waals surface area contributed by atoms with Crippen LogP contribution < -0.4 is 5.73 Å². The van der Waals surface area contributed by atoms with E-state index in [1.54, 1.807) is 0 Å². The van der Waals surface area contributed by atoms with Crippen LogP contribution in [0.2, 0.25) is 0 Å². The molecule has 0 aromatic heterocycles. The fourth-order valence-electron chi connectivity index (χ4n) is 4.50. The molecule has 0 amide bonds. The van der Waals surface area contributed by atoms with Crippen LogP contribution in [0.15, 0.2) is 101 Å². The summed E-state index contributed by atoms with van der Waals surface area (Å²) in [6.45, 7) is -0.643. The number of hydrogen-bond acceptors (Lipinski definition) is 20. The van der Waals surface area contributed by atoms with E-state index in [1.807, 2.05) is 0 Å². The molecule has 0 aliphatic heterocycles. The van der Waals surface area contributed by atoms with Crippen molar-refractivity contribution in [2.45, 2.75) is 19.6 Å². The normalized spacial score (nSPS) is 13.4. The van der Waals surface area contributed by atoms with E-state index in [0.717, 1.165) is 66.9 Å². The molecular formula is C27H27N5O16S7. The number of benzene rings is 4. The predicted octanol–water partition coefficient (Wildman–Crippen LogP) is 3.24. The highest BCUT2D eigenvalue weighted by molar-refractivity contribution is 8.70. The van der Waals surface area contributed by atoms with E-state index in [0.29, 0.717) is 0 Å². The zero-order chi connectivity index (χ0) is 41.1. The van der Waals surface area contributed by atoms with Crippen molar-refractivity contribution >= 4 is 110 Å². The van der Waals surface area contributed by atoms with Gasteiger partial charge in [0.15, 0.2) is 36.1 Å². The number of rotatable bonds is 16. The third kappa shape index (κ3) is 11.5. The van der Waals surface area contributed by atoms with Gasteiger partial charge in [0.1, 0.15) is 16.3 Å². The highest BCUT2D eigenvalue weighted by Crippen LogP contribution is 2.47. The van der Waals surface area contributed by atoms with Gasteiger partial charge in [0, 0.05) is 5.75 Å². The lowest BCUT2D eigenvalue weighted by atomic mass is 10.1. The van der Waals surface area contributed by atoms with E-state index in [2.05, 4.69) is 24.6 Å². The molecule has 28 heteroatoms. The molecule has 4 aromatic rings. The molecule has 0 aliphatic carbocycles. The Morgan fingerprint density at radius 1 is 0.727 bits per heavy atom. The smallest absolute Gasteiger partial charge is 0.319 e. The lowest BCUT2D eigenvalue weighted by Crippen LogP contribution is -2.15. The Morgan fingerprint density at radius 2 is 1.22 bits per heavy atom. The molecule has 0 bridgehead atoms. The Kier molecular flexibility index (Phi) is 13.1. The van der Waals surface area contributed by atoms with E-state index in [1.165, 1.54) is 0 Å². The standard InChI is InChI=1S/C27H27N5O16S7/c1-51(36,37)48-10-12-52(38,39)19-6-2-18(3-7-19)30-32-26-22(54(42,43)44)15-16-14-21(50(34)35)25(27(33)23(16)24(26)28)31-29-17-4-8-20(9-5-17)53(40,41)13-11-49-55(45,46)47/h2-9,14-15,33,50H,10-13,28H2,1H3,(H,42,43,44)(H,45,46,47)/b31-29+,32-30+. The largest absolute Gasteiger partial charge is 0.505 e. The lowest BCUT2D eigenvalue weighted by molar-refractivity contribution is 0.343. The summed E-state index contributed by atoms with van der Waals surface area (Å²) in [5.41, 5.74) is 4.03. The maximum atomic E-state index is 12.5. The Hall–Kier alpha value is -4.13. The van der Waals surface area contributed by atoms with Crippen LogP contribution in [0, 0.1) is 0 Å². The Balaban J connectivity index is 1.73. The molecular weight excluding hydrogens is 875 g/mol. The van der Waals surface area contributed by atoms with Crippen LogP contribution in [-0.2, 0) is 63.9 Å². The monoisotopic (exact) mass is 901 g/mol. The number of sulfone groups is 2. The molecule has 0 radical (unpaired) electrons. The van der Waals surface area contributed by atoms with Crippen molar-refractivity contribution in [3.8, 4) is 5.75 Å². The molecule has 21 nitrogen and oxygen atoms in total. The minimum Gasteiger partial charge on any atom is -0.505 e. The van der Waals surface area contributed by atoms with Crippen LogP contribution in [0.25, 0.3) is 10.8 Å². The molecule has 298 valence electrons. The summed E-state index contributed by atoms with van der Waals surface area (Å²) in [4.78, 5) is -2.13. The summed E-state index contributed by atoms with van der Waals surface area (Å²) >= 11 is 0. The van der Waals surface area contributed by atoms with Gasteiger partial charge in [-0.25, -0.2) is 25.3 Å². The summed E-state index contributed by atoms with van der Waals surface area (Å²) < 4.78 is 166. The van der Waals surface area contributed by atoms with Gasteiger partial charge in [0.2, 0.25) is 0 Å². The first-order valence-corrected chi connectivity index (χ1v) is 25.2. The van der Waals surface area contributed by atoms with Gasteiger partial charge in [-0.1, -0.05) is 0 Å². The van der Waals surface area contributed by atoms with Gasteiger partial charge in [0.25, 0.3) is 20.2 Å². The second kappa shape index (κ2) is 16.5. The van der Waals surface area contributed by atoms with E-state index in [9.17, 15) is 60.2 Å². The molecule has 0 spiro atoms. The van der Waals surface area contributed by atoms with Crippen LogP contribution in [-0.4, -0.2) is 94.8 Å². The summed E-state index contributed by atoms with van der Waals surface area (Å²) in [5.74, 6) is -2.73. The van der Waals surface area contributed by atoms with Gasteiger partial charge in [-0.3, -0.25) is 13.3 Å². The maximum Gasteiger partial charge on any atom is 0.319 e. The topological polar surface area (TPSA) is 350 Å². The number of phenolic OH excluding ortho intramolecular Hbond substituents is 1. The molecule has 0 heterocycles. The molecule has 0 fully saturated rings. The predicted molar refractivity (Wildman–Crippen MR) is 199 cm³/mol. The van der Waals surface area contributed by atoms with Crippen molar-refractivity contribution in [1.82, 2.24) is 0 Å². The Morgan fingerprint density at radius 3 is 1.67 bits per heavy atom. The van der Waals surface area contributed by atoms with E-state index < -0.39 is 122 Å².